The fourth-order valence-electron chi connectivity index (χ4n) is 3.11. The number of hydrogen-bond donors (Lipinski definition) is 1. The highest BCUT2D eigenvalue weighted by Gasteiger charge is 2.18. The molecule has 1 saturated heterocycles. The van der Waals surface area contributed by atoms with E-state index in [1.54, 1.807) is 11.3 Å². The normalized spacial score (nSPS) is 14.6. The predicted molar refractivity (Wildman–Crippen MR) is 107 cm³/mol. The lowest BCUT2D eigenvalue weighted by Gasteiger charge is -2.28. The summed E-state index contributed by atoms with van der Waals surface area (Å²) in [4.78, 5) is 18.5. The van der Waals surface area contributed by atoms with E-state index in [4.69, 9.17) is 21.3 Å². The quantitative estimate of drug-likeness (QED) is 0.723. The first-order valence-electron chi connectivity index (χ1n) is 8.41. The summed E-state index contributed by atoms with van der Waals surface area (Å²) in [5.41, 5.74) is 2.58. The summed E-state index contributed by atoms with van der Waals surface area (Å²) in [6, 6.07) is 11.8. The van der Waals surface area contributed by atoms with Gasteiger partial charge in [-0.1, -0.05) is 23.7 Å². The number of ether oxygens (including phenoxy) is 1. The number of rotatable bonds is 3. The second kappa shape index (κ2) is 7.23. The van der Waals surface area contributed by atoms with E-state index < -0.39 is 0 Å². The molecule has 7 heteroatoms. The van der Waals surface area contributed by atoms with Crippen LogP contribution in [0.5, 0.6) is 0 Å². The number of aromatic nitrogens is 1. The average Bonchev–Trinajstić information content (AvgIpc) is 3.01. The minimum Gasteiger partial charge on any atom is -0.378 e. The van der Waals surface area contributed by atoms with Crippen molar-refractivity contribution in [3.05, 3.63) is 40.7 Å². The van der Waals surface area contributed by atoms with Crippen molar-refractivity contribution in [2.45, 2.75) is 6.92 Å². The Hall–Kier alpha value is -2.15. The van der Waals surface area contributed by atoms with Crippen LogP contribution in [-0.2, 0) is 9.53 Å². The van der Waals surface area contributed by atoms with Gasteiger partial charge in [-0.05, 0) is 24.3 Å². The van der Waals surface area contributed by atoms with Crippen LogP contribution < -0.4 is 10.2 Å². The maximum atomic E-state index is 11.3. The van der Waals surface area contributed by atoms with Crippen molar-refractivity contribution >= 4 is 50.4 Å². The maximum absolute atomic E-state index is 11.3. The van der Waals surface area contributed by atoms with Gasteiger partial charge in [-0.15, -0.1) is 11.3 Å². The number of pyridine rings is 1. The maximum Gasteiger partial charge on any atom is 0.221 e. The first-order chi connectivity index (χ1) is 12.6. The molecule has 5 nitrogen and oxygen atoms in total. The van der Waals surface area contributed by atoms with Gasteiger partial charge in [0.15, 0.2) is 0 Å². The lowest BCUT2D eigenvalue weighted by atomic mass is 10.1. The minimum atomic E-state index is -0.0930. The zero-order chi connectivity index (χ0) is 18.1. The van der Waals surface area contributed by atoms with Gasteiger partial charge in [-0.3, -0.25) is 4.79 Å². The van der Waals surface area contributed by atoms with E-state index in [0.29, 0.717) is 13.2 Å². The molecule has 1 aromatic carbocycles. The summed E-state index contributed by atoms with van der Waals surface area (Å²) >= 11 is 7.83. The van der Waals surface area contributed by atoms with Crippen LogP contribution in [0.15, 0.2) is 36.4 Å². The number of halogens is 1. The molecule has 3 heterocycles. The van der Waals surface area contributed by atoms with Gasteiger partial charge >= 0.3 is 0 Å². The van der Waals surface area contributed by atoms with Crippen molar-refractivity contribution < 1.29 is 9.53 Å². The predicted octanol–water partition coefficient (Wildman–Crippen LogP) is 4.41. The number of nitrogens with one attached hydrogen (secondary N) is 1. The first-order valence-corrected chi connectivity index (χ1v) is 9.60. The Balaban J connectivity index is 1.81. The Labute approximate surface area is 160 Å². The van der Waals surface area contributed by atoms with E-state index >= 15 is 0 Å². The molecule has 1 amide bonds. The summed E-state index contributed by atoms with van der Waals surface area (Å²) in [6.07, 6.45) is 0. The summed E-state index contributed by atoms with van der Waals surface area (Å²) in [5, 5.41) is 3.89. The van der Waals surface area contributed by atoms with Gasteiger partial charge in [0.1, 0.15) is 5.82 Å². The summed E-state index contributed by atoms with van der Waals surface area (Å²) in [7, 11) is 0. The molecule has 0 unspecified atom stereocenters. The largest absolute Gasteiger partial charge is 0.378 e. The third-order valence-corrected chi connectivity index (χ3v) is 5.47. The van der Waals surface area contributed by atoms with Crippen molar-refractivity contribution in [2.75, 3.05) is 36.5 Å². The Morgan fingerprint density at radius 3 is 2.85 bits per heavy atom. The summed E-state index contributed by atoms with van der Waals surface area (Å²) in [5.74, 6) is 0.846. The van der Waals surface area contributed by atoms with Gasteiger partial charge in [-0.25, -0.2) is 4.98 Å². The molecule has 0 radical (unpaired) electrons. The minimum absolute atomic E-state index is 0.0930. The van der Waals surface area contributed by atoms with Crippen molar-refractivity contribution in [1.82, 2.24) is 4.98 Å². The lowest BCUT2D eigenvalue weighted by molar-refractivity contribution is -0.114. The van der Waals surface area contributed by atoms with E-state index in [0.717, 1.165) is 50.3 Å². The van der Waals surface area contributed by atoms with E-state index in [-0.39, 0.29) is 5.91 Å². The van der Waals surface area contributed by atoms with Crippen LogP contribution in [-0.4, -0.2) is 37.2 Å². The highest BCUT2D eigenvalue weighted by atomic mass is 35.5. The molecular formula is C19H18ClN3O2S. The SMILES string of the molecule is CC(=O)Nc1cccc(-c2cc3sc(Cl)cc3c(N3CCOCC3)n2)c1. The number of carbonyl (C=O) groups excluding carboxylic acids is 1. The van der Waals surface area contributed by atoms with Gasteiger partial charge in [0.05, 0.1) is 23.2 Å². The lowest BCUT2D eigenvalue weighted by Crippen LogP contribution is -2.36. The highest BCUT2D eigenvalue weighted by Crippen LogP contribution is 2.38. The standard InChI is InChI=1S/C19H18ClN3O2S/c1-12(24)21-14-4-2-3-13(9-14)16-11-17-15(10-18(20)26-17)19(22-16)23-5-7-25-8-6-23/h2-4,9-11H,5-8H2,1H3,(H,21,24). The van der Waals surface area contributed by atoms with E-state index in [9.17, 15) is 4.79 Å². The molecule has 0 bridgehead atoms. The average molecular weight is 388 g/mol. The van der Waals surface area contributed by atoms with Gasteiger partial charge in [0.2, 0.25) is 5.91 Å². The number of amides is 1. The number of hydrogen-bond acceptors (Lipinski definition) is 5. The third-order valence-electron chi connectivity index (χ3n) is 4.26. The molecule has 4 rings (SSSR count). The fourth-order valence-corrected chi connectivity index (χ4v) is 4.29. The molecular weight excluding hydrogens is 370 g/mol. The van der Waals surface area contributed by atoms with Crippen LogP contribution in [0.1, 0.15) is 6.92 Å². The number of anilines is 2. The molecule has 1 aliphatic heterocycles. The van der Waals surface area contributed by atoms with Crippen LogP contribution >= 0.6 is 22.9 Å². The molecule has 0 atom stereocenters. The Kier molecular flexibility index (Phi) is 4.80. The molecule has 1 fully saturated rings. The van der Waals surface area contributed by atoms with Crippen LogP contribution in [0.3, 0.4) is 0 Å². The molecule has 26 heavy (non-hydrogen) atoms. The molecule has 0 spiro atoms. The third kappa shape index (κ3) is 3.53. The smallest absolute Gasteiger partial charge is 0.221 e. The number of nitrogens with zero attached hydrogens (tertiary/aromatic N) is 2. The Bertz CT molecular complexity index is 967. The highest BCUT2D eigenvalue weighted by molar-refractivity contribution is 7.22. The van der Waals surface area contributed by atoms with Gasteiger partial charge < -0.3 is 15.0 Å². The molecule has 3 aromatic rings. The monoisotopic (exact) mass is 387 g/mol. The molecule has 134 valence electrons. The van der Waals surface area contributed by atoms with Crippen molar-refractivity contribution in [2.24, 2.45) is 0 Å². The Morgan fingerprint density at radius 1 is 1.27 bits per heavy atom. The zero-order valence-electron chi connectivity index (χ0n) is 14.3. The van der Waals surface area contributed by atoms with Crippen LogP contribution in [0.25, 0.3) is 21.3 Å². The summed E-state index contributed by atoms with van der Waals surface area (Å²) in [6.45, 7) is 4.52. The molecule has 0 saturated carbocycles. The summed E-state index contributed by atoms with van der Waals surface area (Å²) < 4.78 is 7.33. The first kappa shape index (κ1) is 17.3. The number of fused-ring (bicyclic) bond motifs is 1. The van der Waals surface area contributed by atoms with Crippen molar-refractivity contribution in [1.29, 1.82) is 0 Å². The number of carbonyl (C=O) groups is 1. The number of morpholine rings is 1. The molecule has 1 N–H and O–H groups in total. The van der Waals surface area contributed by atoms with Crippen LogP contribution in [0, 0.1) is 0 Å². The van der Waals surface area contributed by atoms with Gasteiger partial charge in [-0.2, -0.15) is 0 Å². The van der Waals surface area contributed by atoms with Crippen molar-refractivity contribution in [3.8, 4) is 11.3 Å². The molecule has 1 aliphatic rings. The van der Waals surface area contributed by atoms with Crippen LogP contribution in [0.2, 0.25) is 4.34 Å². The van der Waals surface area contributed by atoms with E-state index in [2.05, 4.69) is 16.3 Å². The van der Waals surface area contributed by atoms with E-state index in [1.807, 2.05) is 30.3 Å². The van der Waals surface area contributed by atoms with Gasteiger partial charge in [0.25, 0.3) is 0 Å². The Morgan fingerprint density at radius 2 is 2.08 bits per heavy atom. The molecule has 2 aromatic heterocycles. The molecule has 0 aliphatic carbocycles. The van der Waals surface area contributed by atoms with Gasteiger partial charge in [0, 0.05) is 41.4 Å². The van der Waals surface area contributed by atoms with Crippen LogP contribution in [0.4, 0.5) is 11.5 Å². The number of benzene rings is 1. The topological polar surface area (TPSA) is 54.5 Å². The second-order valence-corrected chi connectivity index (χ2v) is 7.87. The van der Waals surface area contributed by atoms with Crippen molar-refractivity contribution in [3.63, 3.8) is 0 Å². The number of thiophene rings is 1. The van der Waals surface area contributed by atoms with E-state index in [1.165, 1.54) is 6.92 Å². The fraction of sp³-hybridized carbons (Fsp3) is 0.263. The second-order valence-electron chi connectivity index (χ2n) is 6.15. The zero-order valence-corrected chi connectivity index (χ0v) is 15.9.